The number of ether oxygens (including phenoxy) is 1. The molecule has 2 aromatic carbocycles. The lowest BCUT2D eigenvalue weighted by atomic mass is 10.0. The number of imide groups is 1. The van der Waals surface area contributed by atoms with Crippen molar-refractivity contribution in [1.29, 1.82) is 0 Å². The van der Waals surface area contributed by atoms with Gasteiger partial charge in [0.1, 0.15) is 11.4 Å². The van der Waals surface area contributed by atoms with Crippen molar-refractivity contribution in [3.8, 4) is 11.4 Å². The molecule has 11 heteroatoms. The van der Waals surface area contributed by atoms with Crippen LogP contribution in [0, 0.1) is 0 Å². The van der Waals surface area contributed by atoms with E-state index in [-0.39, 0.29) is 35.5 Å². The Hall–Kier alpha value is -4.51. The first-order chi connectivity index (χ1) is 20.9. The van der Waals surface area contributed by atoms with E-state index < -0.39 is 5.91 Å². The number of hydrogen-bond donors (Lipinski definition) is 2. The van der Waals surface area contributed by atoms with Crippen LogP contribution in [-0.2, 0) is 16.0 Å². The van der Waals surface area contributed by atoms with Crippen molar-refractivity contribution in [2.75, 3.05) is 43.6 Å². The fourth-order valence-corrected chi connectivity index (χ4v) is 5.60. The molecule has 0 spiro atoms. The lowest BCUT2D eigenvalue weighted by Crippen LogP contribution is -2.39. The van der Waals surface area contributed by atoms with E-state index in [2.05, 4.69) is 15.7 Å². The van der Waals surface area contributed by atoms with Crippen LogP contribution in [0.25, 0.3) is 5.69 Å². The molecule has 3 aromatic rings. The first-order valence-corrected chi connectivity index (χ1v) is 14.9. The lowest BCUT2D eigenvalue weighted by Gasteiger charge is -2.29. The smallest absolute Gasteiger partial charge is 0.278 e. The maximum Gasteiger partial charge on any atom is 0.278 e. The largest absolute Gasteiger partial charge is 0.497 e. The quantitative estimate of drug-likeness (QED) is 0.329. The molecule has 1 aromatic heterocycles. The third-order valence-electron chi connectivity index (χ3n) is 7.93. The summed E-state index contributed by atoms with van der Waals surface area (Å²) in [6.45, 7) is 1.90. The molecule has 43 heavy (non-hydrogen) atoms. The average molecular weight is 587 g/mol. The van der Waals surface area contributed by atoms with Crippen LogP contribution in [0.1, 0.15) is 71.5 Å². The summed E-state index contributed by atoms with van der Waals surface area (Å²) in [4.78, 5) is 55.7. The van der Waals surface area contributed by atoms with Gasteiger partial charge in [-0.1, -0.05) is 6.42 Å². The Labute approximate surface area is 251 Å². The molecule has 0 radical (unpaired) electrons. The maximum absolute atomic E-state index is 14.0. The molecule has 5 rings (SSSR count). The van der Waals surface area contributed by atoms with Gasteiger partial charge in [-0.05, 0) is 94.2 Å². The topological polar surface area (TPSA) is 126 Å². The van der Waals surface area contributed by atoms with Crippen LogP contribution in [0.2, 0.25) is 0 Å². The van der Waals surface area contributed by atoms with Crippen molar-refractivity contribution in [2.45, 2.75) is 51.4 Å². The second-order valence-electron chi connectivity index (χ2n) is 10.8. The van der Waals surface area contributed by atoms with Crippen molar-refractivity contribution < 1.29 is 23.9 Å². The minimum absolute atomic E-state index is 0.0707. The summed E-state index contributed by atoms with van der Waals surface area (Å²) in [5.41, 5.74) is 2.93. The molecule has 2 N–H and O–H groups in total. The average Bonchev–Trinajstić information content (AvgIpc) is 3.42. The van der Waals surface area contributed by atoms with E-state index in [9.17, 15) is 19.2 Å². The van der Waals surface area contributed by atoms with Crippen LogP contribution < -0.4 is 25.2 Å². The third kappa shape index (κ3) is 6.61. The van der Waals surface area contributed by atoms with Gasteiger partial charge in [0.2, 0.25) is 11.8 Å². The van der Waals surface area contributed by atoms with Crippen LogP contribution in [0.5, 0.6) is 5.75 Å². The highest BCUT2D eigenvalue weighted by Crippen LogP contribution is 2.31. The van der Waals surface area contributed by atoms with Gasteiger partial charge < -0.3 is 19.9 Å². The summed E-state index contributed by atoms with van der Waals surface area (Å²) in [5, 5.41) is 10.1. The van der Waals surface area contributed by atoms with Crippen molar-refractivity contribution >= 4 is 35.0 Å². The summed E-state index contributed by atoms with van der Waals surface area (Å²) >= 11 is 0. The fourth-order valence-electron chi connectivity index (χ4n) is 5.60. The van der Waals surface area contributed by atoms with Crippen molar-refractivity contribution in [3.05, 3.63) is 65.5 Å². The number of amides is 4. The molecule has 0 bridgehead atoms. The molecule has 11 nitrogen and oxygen atoms in total. The monoisotopic (exact) mass is 586 g/mol. The van der Waals surface area contributed by atoms with Crippen LogP contribution in [0.3, 0.4) is 0 Å². The first-order valence-electron chi connectivity index (χ1n) is 14.9. The molecule has 4 amide bonds. The van der Waals surface area contributed by atoms with Crippen molar-refractivity contribution in [1.82, 2.24) is 20.4 Å². The molecule has 1 fully saturated rings. The highest BCUT2D eigenvalue weighted by Gasteiger charge is 2.35. The predicted octanol–water partition coefficient (Wildman–Crippen LogP) is 3.64. The summed E-state index contributed by atoms with van der Waals surface area (Å²) in [6, 6.07) is 14.5. The Morgan fingerprint density at radius 2 is 1.56 bits per heavy atom. The van der Waals surface area contributed by atoms with Crippen LogP contribution in [0.4, 0.5) is 11.4 Å². The van der Waals surface area contributed by atoms with Gasteiger partial charge in [0, 0.05) is 42.9 Å². The summed E-state index contributed by atoms with van der Waals surface area (Å²) in [7, 11) is 3.45. The Morgan fingerprint density at radius 3 is 2.23 bits per heavy atom. The third-order valence-corrected chi connectivity index (χ3v) is 7.93. The standard InChI is InChI=1S/C32H38N6O5/c1-33-19-6-3-4-8-27(39)34-31(41)29-26-18-21-37(23-12-10-22(11-13-23)36-20-7-5-9-28(36)40)32(42)30(26)38(35-29)24-14-16-25(43-2)17-15-24/h10-17,33H,3-9,18-21H2,1-2H3,(H,34,39,41). The molecular formula is C32H38N6O5. The number of nitrogens with zero attached hydrogens (tertiary/aromatic N) is 4. The van der Waals surface area contributed by atoms with E-state index in [1.54, 1.807) is 41.2 Å². The molecule has 3 heterocycles. The fraction of sp³-hybridized carbons (Fsp3) is 0.406. The molecular weight excluding hydrogens is 548 g/mol. The van der Waals surface area contributed by atoms with Crippen LogP contribution in [0.15, 0.2) is 48.5 Å². The number of piperidine rings is 1. The Balaban J connectivity index is 1.40. The highest BCUT2D eigenvalue weighted by molar-refractivity contribution is 6.11. The SMILES string of the molecule is CNCCCCCC(=O)NC(=O)c1nn(-c2ccc(OC)cc2)c2c1CCN(c1ccc(N3CCCCC3=O)cc1)C2=O. The Bertz CT molecular complexity index is 1480. The zero-order valence-corrected chi connectivity index (χ0v) is 24.7. The number of anilines is 2. The van der Waals surface area contributed by atoms with E-state index in [0.29, 0.717) is 55.0 Å². The number of fused-ring (bicyclic) bond motifs is 1. The lowest BCUT2D eigenvalue weighted by molar-refractivity contribution is -0.120. The van der Waals surface area contributed by atoms with Crippen molar-refractivity contribution in [2.24, 2.45) is 0 Å². The van der Waals surface area contributed by atoms with Gasteiger partial charge in [-0.15, -0.1) is 0 Å². The second kappa shape index (κ2) is 13.6. The Morgan fingerprint density at radius 1 is 0.860 bits per heavy atom. The highest BCUT2D eigenvalue weighted by atomic mass is 16.5. The summed E-state index contributed by atoms with van der Waals surface area (Å²) in [6.07, 6.45) is 5.55. The predicted molar refractivity (Wildman–Crippen MR) is 163 cm³/mol. The molecule has 1 saturated heterocycles. The van der Waals surface area contributed by atoms with E-state index in [4.69, 9.17) is 4.74 Å². The number of nitrogens with one attached hydrogen (secondary N) is 2. The van der Waals surface area contributed by atoms with E-state index >= 15 is 0 Å². The van der Waals surface area contributed by atoms with Gasteiger partial charge in [0.15, 0.2) is 5.69 Å². The van der Waals surface area contributed by atoms with Gasteiger partial charge >= 0.3 is 0 Å². The zero-order chi connectivity index (χ0) is 30.3. The summed E-state index contributed by atoms with van der Waals surface area (Å²) in [5.74, 6) is -0.525. The van der Waals surface area contributed by atoms with E-state index in [0.717, 1.165) is 37.9 Å². The normalized spacial score (nSPS) is 14.9. The minimum atomic E-state index is -0.611. The number of aromatic nitrogens is 2. The number of carbonyl (C=O) groups excluding carboxylic acids is 4. The van der Waals surface area contributed by atoms with Crippen LogP contribution >= 0.6 is 0 Å². The number of methoxy groups -OCH3 is 1. The number of carbonyl (C=O) groups is 4. The summed E-state index contributed by atoms with van der Waals surface area (Å²) < 4.78 is 6.75. The number of rotatable bonds is 11. The first kappa shape index (κ1) is 30.0. The maximum atomic E-state index is 14.0. The molecule has 226 valence electrons. The molecule has 0 saturated carbocycles. The molecule has 0 aliphatic carbocycles. The molecule has 2 aliphatic rings. The molecule has 0 unspecified atom stereocenters. The van der Waals surface area contributed by atoms with Crippen LogP contribution in [-0.4, -0.2) is 67.2 Å². The van der Waals surface area contributed by atoms with Gasteiger partial charge in [0.05, 0.1) is 12.8 Å². The van der Waals surface area contributed by atoms with Gasteiger partial charge in [-0.3, -0.25) is 24.5 Å². The minimum Gasteiger partial charge on any atom is -0.497 e. The van der Waals surface area contributed by atoms with Gasteiger partial charge in [-0.25, -0.2) is 4.68 Å². The second-order valence-corrected chi connectivity index (χ2v) is 10.8. The number of unbranched alkanes of at least 4 members (excludes halogenated alkanes) is 2. The molecule has 0 atom stereocenters. The Kier molecular flexibility index (Phi) is 9.51. The van der Waals surface area contributed by atoms with Gasteiger partial charge in [-0.2, -0.15) is 5.10 Å². The number of hydrogen-bond acceptors (Lipinski definition) is 7. The zero-order valence-electron chi connectivity index (χ0n) is 24.7. The van der Waals surface area contributed by atoms with E-state index in [1.165, 1.54) is 4.68 Å². The van der Waals surface area contributed by atoms with Gasteiger partial charge in [0.25, 0.3) is 11.8 Å². The molecule has 2 aliphatic heterocycles. The van der Waals surface area contributed by atoms with E-state index in [1.807, 2.05) is 31.3 Å². The van der Waals surface area contributed by atoms with Crippen molar-refractivity contribution in [3.63, 3.8) is 0 Å². The number of benzene rings is 2.